The van der Waals surface area contributed by atoms with Crippen LogP contribution in [0.25, 0.3) is 0 Å². The molecule has 4 N–H and O–H groups in total. The lowest BCUT2D eigenvalue weighted by Crippen LogP contribution is -2.42. The van der Waals surface area contributed by atoms with Crippen LogP contribution in [0, 0.1) is 0 Å². The summed E-state index contributed by atoms with van der Waals surface area (Å²) in [5.41, 5.74) is 0. The molecular formula is C12H29N5. The first-order valence-corrected chi connectivity index (χ1v) is 6.84. The summed E-state index contributed by atoms with van der Waals surface area (Å²) in [6.45, 7) is 11.8. The molecule has 1 aliphatic rings. The Morgan fingerprint density at radius 2 is 1.24 bits per heavy atom. The van der Waals surface area contributed by atoms with Gasteiger partial charge in [-0.05, 0) is 14.0 Å². The molecule has 0 spiro atoms. The van der Waals surface area contributed by atoms with Gasteiger partial charge in [0.1, 0.15) is 0 Å². The minimum absolute atomic E-state index is 0.597. The van der Waals surface area contributed by atoms with Crippen molar-refractivity contribution >= 4 is 0 Å². The molecule has 0 aliphatic carbocycles. The minimum atomic E-state index is 0.597. The van der Waals surface area contributed by atoms with Crippen molar-refractivity contribution in [2.75, 3.05) is 66.0 Å². The first kappa shape index (κ1) is 14.9. The van der Waals surface area contributed by atoms with Gasteiger partial charge in [0.25, 0.3) is 0 Å². The van der Waals surface area contributed by atoms with Gasteiger partial charge in [-0.25, -0.2) is 0 Å². The average Bonchev–Trinajstić information content (AvgIpc) is 2.34. The molecule has 1 unspecified atom stereocenters. The second kappa shape index (κ2) is 9.79. The van der Waals surface area contributed by atoms with Crippen molar-refractivity contribution < 1.29 is 0 Å². The van der Waals surface area contributed by atoms with Crippen molar-refractivity contribution in [2.24, 2.45) is 0 Å². The van der Waals surface area contributed by atoms with Gasteiger partial charge < -0.3 is 26.2 Å². The summed E-state index contributed by atoms with van der Waals surface area (Å²) in [5, 5.41) is 13.8. The molecule has 1 fully saturated rings. The fourth-order valence-corrected chi connectivity index (χ4v) is 1.85. The molecule has 0 radical (unpaired) electrons. The van der Waals surface area contributed by atoms with Gasteiger partial charge in [-0.1, -0.05) is 0 Å². The second-order valence-corrected chi connectivity index (χ2v) is 4.78. The van der Waals surface area contributed by atoms with Crippen LogP contribution in [0.5, 0.6) is 0 Å². The Labute approximate surface area is 106 Å². The predicted molar refractivity (Wildman–Crippen MR) is 73.6 cm³/mol. The van der Waals surface area contributed by atoms with Crippen LogP contribution in [0.4, 0.5) is 0 Å². The molecular weight excluding hydrogens is 214 g/mol. The molecule has 0 aromatic heterocycles. The van der Waals surface area contributed by atoms with Gasteiger partial charge in [-0.15, -0.1) is 0 Å². The maximum Gasteiger partial charge on any atom is 0.0189 e. The fourth-order valence-electron chi connectivity index (χ4n) is 1.85. The largest absolute Gasteiger partial charge is 0.314 e. The summed E-state index contributed by atoms with van der Waals surface area (Å²) in [6.07, 6.45) is 0. The van der Waals surface area contributed by atoms with Crippen molar-refractivity contribution in [1.29, 1.82) is 0 Å². The molecule has 5 nitrogen and oxygen atoms in total. The summed E-state index contributed by atoms with van der Waals surface area (Å²) >= 11 is 0. The normalized spacial score (nSPS) is 28.2. The minimum Gasteiger partial charge on any atom is -0.314 e. The second-order valence-electron chi connectivity index (χ2n) is 4.78. The van der Waals surface area contributed by atoms with Crippen LogP contribution in [0.3, 0.4) is 0 Å². The third-order valence-corrected chi connectivity index (χ3v) is 3.27. The molecule has 1 atom stereocenters. The van der Waals surface area contributed by atoms with E-state index in [0.29, 0.717) is 6.04 Å². The Kier molecular flexibility index (Phi) is 8.56. The number of rotatable bonds is 0. The standard InChI is InChI=1S/C12H29N5/c1-12-11-16-8-7-14-4-3-13-5-6-15-9-10-17(12)2/h12-16H,3-11H2,1-2H3. The van der Waals surface area contributed by atoms with Gasteiger partial charge in [-0.2, -0.15) is 0 Å². The molecule has 0 saturated carbocycles. The summed E-state index contributed by atoms with van der Waals surface area (Å²) in [7, 11) is 2.20. The highest BCUT2D eigenvalue weighted by atomic mass is 15.2. The quantitative estimate of drug-likeness (QED) is 0.425. The first-order chi connectivity index (χ1) is 8.30. The molecule has 0 aromatic rings. The summed E-state index contributed by atoms with van der Waals surface area (Å²) < 4.78 is 0. The van der Waals surface area contributed by atoms with Crippen molar-refractivity contribution in [2.45, 2.75) is 13.0 Å². The molecule has 1 aliphatic heterocycles. The third-order valence-electron chi connectivity index (χ3n) is 3.27. The number of nitrogens with one attached hydrogen (secondary N) is 4. The highest BCUT2D eigenvalue weighted by Crippen LogP contribution is 1.92. The van der Waals surface area contributed by atoms with Gasteiger partial charge in [0.15, 0.2) is 0 Å². The predicted octanol–water partition coefficient (Wildman–Crippen LogP) is -1.32. The van der Waals surface area contributed by atoms with Gasteiger partial charge in [0.05, 0.1) is 0 Å². The average molecular weight is 243 g/mol. The molecule has 0 aromatic carbocycles. The molecule has 1 rings (SSSR count). The summed E-state index contributed by atoms with van der Waals surface area (Å²) in [6, 6.07) is 0.597. The Morgan fingerprint density at radius 3 is 1.82 bits per heavy atom. The van der Waals surface area contributed by atoms with E-state index in [4.69, 9.17) is 0 Å². The van der Waals surface area contributed by atoms with Crippen LogP contribution in [-0.2, 0) is 0 Å². The van der Waals surface area contributed by atoms with Crippen molar-refractivity contribution in [1.82, 2.24) is 26.2 Å². The maximum atomic E-state index is 3.49. The SMILES string of the molecule is CC1CNCCNCCNCCNCCN1C. The number of likely N-dealkylation sites (N-methyl/N-ethyl adjacent to an activating group) is 1. The Bertz CT molecular complexity index is 158. The zero-order valence-corrected chi connectivity index (χ0v) is 11.4. The van der Waals surface area contributed by atoms with Crippen LogP contribution < -0.4 is 21.3 Å². The zero-order chi connectivity index (χ0) is 12.3. The van der Waals surface area contributed by atoms with E-state index in [2.05, 4.69) is 40.1 Å². The number of nitrogens with zero attached hydrogens (tertiary/aromatic N) is 1. The van der Waals surface area contributed by atoms with Crippen molar-refractivity contribution in [3.8, 4) is 0 Å². The molecule has 1 heterocycles. The molecule has 0 bridgehead atoms. The lowest BCUT2D eigenvalue weighted by molar-refractivity contribution is 0.251. The van der Waals surface area contributed by atoms with Crippen LogP contribution in [0.2, 0.25) is 0 Å². The van der Waals surface area contributed by atoms with Crippen LogP contribution in [0.15, 0.2) is 0 Å². The first-order valence-electron chi connectivity index (χ1n) is 6.84. The highest BCUT2D eigenvalue weighted by Gasteiger charge is 2.07. The molecule has 1 saturated heterocycles. The van der Waals surface area contributed by atoms with Gasteiger partial charge in [0.2, 0.25) is 0 Å². The lowest BCUT2D eigenvalue weighted by Gasteiger charge is -2.25. The summed E-state index contributed by atoms with van der Waals surface area (Å²) in [5.74, 6) is 0. The van der Waals surface area contributed by atoms with E-state index in [0.717, 1.165) is 58.9 Å². The van der Waals surface area contributed by atoms with Crippen LogP contribution in [-0.4, -0.2) is 76.9 Å². The van der Waals surface area contributed by atoms with E-state index in [-0.39, 0.29) is 0 Å². The van der Waals surface area contributed by atoms with E-state index >= 15 is 0 Å². The highest BCUT2D eigenvalue weighted by molar-refractivity contribution is 4.68. The van der Waals surface area contributed by atoms with E-state index < -0.39 is 0 Å². The smallest absolute Gasteiger partial charge is 0.0189 e. The van der Waals surface area contributed by atoms with Gasteiger partial charge in [0, 0.05) is 64.9 Å². The summed E-state index contributed by atoms with van der Waals surface area (Å²) in [4.78, 5) is 2.40. The van der Waals surface area contributed by atoms with E-state index in [9.17, 15) is 0 Å². The van der Waals surface area contributed by atoms with Crippen LogP contribution >= 0.6 is 0 Å². The fraction of sp³-hybridized carbons (Fsp3) is 1.00. The van der Waals surface area contributed by atoms with Crippen LogP contribution in [0.1, 0.15) is 6.92 Å². The number of hydrogen-bond donors (Lipinski definition) is 4. The third kappa shape index (κ3) is 7.68. The molecule has 0 amide bonds. The van der Waals surface area contributed by atoms with Crippen molar-refractivity contribution in [3.63, 3.8) is 0 Å². The topological polar surface area (TPSA) is 51.4 Å². The molecule has 17 heavy (non-hydrogen) atoms. The van der Waals surface area contributed by atoms with Gasteiger partial charge in [-0.3, -0.25) is 0 Å². The van der Waals surface area contributed by atoms with E-state index in [1.54, 1.807) is 0 Å². The number of hydrogen-bond acceptors (Lipinski definition) is 5. The lowest BCUT2D eigenvalue weighted by atomic mass is 10.3. The van der Waals surface area contributed by atoms with E-state index in [1.807, 2.05) is 0 Å². The van der Waals surface area contributed by atoms with Gasteiger partial charge >= 0.3 is 0 Å². The monoisotopic (exact) mass is 243 g/mol. The van der Waals surface area contributed by atoms with Crippen molar-refractivity contribution in [3.05, 3.63) is 0 Å². The zero-order valence-electron chi connectivity index (χ0n) is 11.4. The molecule has 102 valence electrons. The van der Waals surface area contributed by atoms with E-state index in [1.165, 1.54) is 0 Å². The Morgan fingerprint density at radius 1 is 0.765 bits per heavy atom. The molecule has 5 heteroatoms. The maximum absolute atomic E-state index is 3.49. The Balaban J connectivity index is 2.21. The Hall–Kier alpha value is -0.200.